The van der Waals surface area contributed by atoms with E-state index in [1.165, 1.54) is 6.07 Å². The minimum absolute atomic E-state index is 0.0119. The van der Waals surface area contributed by atoms with E-state index in [2.05, 4.69) is 15.4 Å². The molecule has 1 fully saturated rings. The number of pyridine rings is 1. The number of benzene rings is 1. The average Bonchev–Trinajstić information content (AvgIpc) is 3.43. The molecule has 1 saturated heterocycles. The lowest BCUT2D eigenvalue weighted by Crippen LogP contribution is -2.45. The summed E-state index contributed by atoms with van der Waals surface area (Å²) in [7, 11) is 0. The Hall–Kier alpha value is -3.36. The minimum Gasteiger partial charge on any atom is -0.356 e. The second-order valence-electron chi connectivity index (χ2n) is 8.51. The van der Waals surface area contributed by atoms with Gasteiger partial charge >= 0.3 is 6.18 Å². The van der Waals surface area contributed by atoms with Gasteiger partial charge in [-0.3, -0.25) is 4.79 Å². The van der Waals surface area contributed by atoms with Crippen LogP contribution in [-0.2, 0) is 19.0 Å². The summed E-state index contributed by atoms with van der Waals surface area (Å²) in [5.74, 6) is 0.362. The number of para-hydroxylation sites is 1. The lowest BCUT2D eigenvalue weighted by molar-refractivity contribution is -0.137. The van der Waals surface area contributed by atoms with Crippen LogP contribution in [0.25, 0.3) is 5.69 Å². The molecule has 0 spiro atoms. The van der Waals surface area contributed by atoms with Crippen molar-refractivity contribution in [2.75, 3.05) is 18.0 Å². The average molecular weight is 455 g/mol. The number of rotatable bonds is 4. The fraction of sp³-hybridized carbons (Fsp3) is 0.375. The number of amides is 1. The summed E-state index contributed by atoms with van der Waals surface area (Å²) in [5.41, 5.74) is 2.83. The molecule has 6 nitrogen and oxygen atoms in total. The van der Waals surface area contributed by atoms with Crippen LogP contribution < -0.4 is 10.2 Å². The van der Waals surface area contributed by atoms with Crippen LogP contribution in [0, 0.1) is 0 Å². The standard InChI is InChI=1S/C24H24F3N5O/c25-24(26,27)16-9-10-21(28-15-16)31-13-11-17(12-14-31)29-23(33)22-19-7-4-8-20(19)32(30-22)18-5-2-1-3-6-18/h1-3,5-6,9-10,15,17H,4,7-8,11-14H2,(H,29,33). The van der Waals surface area contributed by atoms with E-state index in [9.17, 15) is 18.0 Å². The van der Waals surface area contributed by atoms with E-state index >= 15 is 0 Å². The number of nitrogens with zero attached hydrogens (tertiary/aromatic N) is 4. The first-order chi connectivity index (χ1) is 15.9. The summed E-state index contributed by atoms with van der Waals surface area (Å²) in [4.78, 5) is 19.0. The highest BCUT2D eigenvalue weighted by Crippen LogP contribution is 2.30. The number of alkyl halides is 3. The highest BCUT2D eigenvalue weighted by atomic mass is 19.4. The molecule has 2 aromatic heterocycles. The molecule has 172 valence electrons. The van der Waals surface area contributed by atoms with Gasteiger partial charge in [0.25, 0.3) is 5.91 Å². The molecule has 1 amide bonds. The molecule has 0 bridgehead atoms. The lowest BCUT2D eigenvalue weighted by atomic mass is 10.0. The number of hydrogen-bond acceptors (Lipinski definition) is 4. The van der Waals surface area contributed by atoms with Crippen LogP contribution in [0.3, 0.4) is 0 Å². The third-order valence-corrected chi connectivity index (χ3v) is 6.38. The molecule has 0 radical (unpaired) electrons. The fourth-order valence-electron chi connectivity index (χ4n) is 4.65. The van der Waals surface area contributed by atoms with E-state index in [1.54, 1.807) is 0 Å². The SMILES string of the molecule is O=C(NC1CCN(c2ccc(C(F)(F)F)cn2)CC1)c1nn(-c2ccccc2)c2c1CCC2. The van der Waals surface area contributed by atoms with Gasteiger partial charge in [0, 0.05) is 36.6 Å². The molecule has 0 saturated carbocycles. The van der Waals surface area contributed by atoms with E-state index < -0.39 is 11.7 Å². The van der Waals surface area contributed by atoms with Crippen LogP contribution in [0.1, 0.15) is 46.6 Å². The Morgan fingerprint density at radius 1 is 1.03 bits per heavy atom. The summed E-state index contributed by atoms with van der Waals surface area (Å²) in [6.45, 7) is 1.22. The van der Waals surface area contributed by atoms with Crippen molar-refractivity contribution in [2.24, 2.45) is 0 Å². The van der Waals surface area contributed by atoms with Crippen LogP contribution in [0.15, 0.2) is 48.7 Å². The van der Waals surface area contributed by atoms with Gasteiger partial charge in [0.1, 0.15) is 5.82 Å². The Morgan fingerprint density at radius 3 is 2.45 bits per heavy atom. The van der Waals surface area contributed by atoms with Crippen LogP contribution in [0.4, 0.5) is 19.0 Å². The molecule has 1 aliphatic carbocycles. The molecule has 1 aromatic carbocycles. The van der Waals surface area contributed by atoms with Gasteiger partial charge in [-0.2, -0.15) is 18.3 Å². The Kier molecular flexibility index (Phi) is 5.55. The van der Waals surface area contributed by atoms with Crippen molar-refractivity contribution < 1.29 is 18.0 Å². The van der Waals surface area contributed by atoms with Crippen molar-refractivity contribution in [3.8, 4) is 5.69 Å². The number of piperidine rings is 1. The first-order valence-electron chi connectivity index (χ1n) is 11.2. The predicted octanol–water partition coefficient (Wildman–Crippen LogP) is 4.17. The monoisotopic (exact) mass is 455 g/mol. The Bertz CT molecular complexity index is 1130. The number of hydrogen-bond donors (Lipinski definition) is 1. The number of nitrogens with one attached hydrogen (secondary N) is 1. The van der Waals surface area contributed by atoms with Crippen molar-refractivity contribution >= 4 is 11.7 Å². The maximum atomic E-state index is 13.1. The molecule has 3 heterocycles. The number of anilines is 1. The maximum Gasteiger partial charge on any atom is 0.417 e. The van der Waals surface area contributed by atoms with E-state index in [0.717, 1.165) is 48.5 Å². The molecule has 33 heavy (non-hydrogen) atoms. The summed E-state index contributed by atoms with van der Waals surface area (Å²) >= 11 is 0. The van der Waals surface area contributed by atoms with Crippen LogP contribution in [0.2, 0.25) is 0 Å². The number of fused-ring (bicyclic) bond motifs is 1. The molecular weight excluding hydrogens is 431 g/mol. The number of halogens is 3. The molecule has 1 aliphatic heterocycles. The van der Waals surface area contributed by atoms with Gasteiger partial charge in [-0.1, -0.05) is 18.2 Å². The molecule has 5 rings (SSSR count). The number of aromatic nitrogens is 3. The van der Waals surface area contributed by atoms with Gasteiger partial charge in [-0.05, 0) is 56.4 Å². The van der Waals surface area contributed by atoms with Gasteiger partial charge in [0.05, 0.1) is 11.3 Å². The summed E-state index contributed by atoms with van der Waals surface area (Å²) in [6, 6.07) is 12.3. The van der Waals surface area contributed by atoms with Crippen molar-refractivity contribution in [2.45, 2.75) is 44.3 Å². The first-order valence-corrected chi connectivity index (χ1v) is 11.2. The molecule has 3 aromatic rings. The third-order valence-electron chi connectivity index (χ3n) is 6.38. The fourth-order valence-corrected chi connectivity index (χ4v) is 4.65. The topological polar surface area (TPSA) is 63.1 Å². The van der Waals surface area contributed by atoms with Crippen molar-refractivity contribution in [1.82, 2.24) is 20.1 Å². The van der Waals surface area contributed by atoms with Crippen molar-refractivity contribution in [3.63, 3.8) is 0 Å². The largest absolute Gasteiger partial charge is 0.417 e. The van der Waals surface area contributed by atoms with Gasteiger partial charge < -0.3 is 10.2 Å². The van der Waals surface area contributed by atoms with Gasteiger partial charge in [-0.15, -0.1) is 0 Å². The van der Waals surface area contributed by atoms with E-state index in [0.29, 0.717) is 37.4 Å². The highest BCUT2D eigenvalue weighted by Gasteiger charge is 2.32. The Balaban J connectivity index is 1.23. The zero-order valence-corrected chi connectivity index (χ0v) is 18.0. The Morgan fingerprint density at radius 2 is 1.79 bits per heavy atom. The Labute approximate surface area is 189 Å². The second kappa shape index (κ2) is 8.53. The van der Waals surface area contributed by atoms with Crippen molar-refractivity contribution in [1.29, 1.82) is 0 Å². The third kappa shape index (κ3) is 4.31. The van der Waals surface area contributed by atoms with E-state index in [4.69, 9.17) is 0 Å². The van der Waals surface area contributed by atoms with Crippen molar-refractivity contribution in [3.05, 3.63) is 71.2 Å². The van der Waals surface area contributed by atoms with Gasteiger partial charge in [-0.25, -0.2) is 9.67 Å². The van der Waals surface area contributed by atoms with Gasteiger partial charge in [0.2, 0.25) is 0 Å². The summed E-state index contributed by atoms with van der Waals surface area (Å²) < 4.78 is 40.1. The summed E-state index contributed by atoms with van der Waals surface area (Å²) in [5, 5.41) is 7.77. The second-order valence-corrected chi connectivity index (χ2v) is 8.51. The highest BCUT2D eigenvalue weighted by molar-refractivity contribution is 5.94. The maximum absolute atomic E-state index is 13.1. The van der Waals surface area contributed by atoms with E-state index in [-0.39, 0.29) is 11.9 Å². The zero-order valence-electron chi connectivity index (χ0n) is 18.0. The lowest BCUT2D eigenvalue weighted by Gasteiger charge is -2.33. The normalized spacial score (nSPS) is 16.6. The molecule has 0 unspecified atom stereocenters. The molecule has 9 heteroatoms. The minimum atomic E-state index is -4.39. The van der Waals surface area contributed by atoms with Crippen LogP contribution in [-0.4, -0.2) is 39.8 Å². The first kappa shape index (κ1) is 21.5. The molecule has 0 atom stereocenters. The van der Waals surface area contributed by atoms with Crippen LogP contribution in [0.5, 0.6) is 0 Å². The predicted molar refractivity (Wildman–Crippen MR) is 118 cm³/mol. The summed E-state index contributed by atoms with van der Waals surface area (Å²) in [6.07, 6.45) is 0.625. The van der Waals surface area contributed by atoms with Crippen LogP contribution >= 0.6 is 0 Å². The number of carbonyl (C=O) groups is 1. The number of carbonyl (C=O) groups excluding carboxylic acids is 1. The van der Waals surface area contributed by atoms with Gasteiger partial charge in [0.15, 0.2) is 5.69 Å². The van der Waals surface area contributed by atoms with E-state index in [1.807, 2.05) is 39.9 Å². The molecule has 1 N–H and O–H groups in total. The quantitative estimate of drug-likeness (QED) is 0.641. The smallest absolute Gasteiger partial charge is 0.356 e. The molecular formula is C24H24F3N5O. The zero-order chi connectivity index (χ0) is 23.0. The molecule has 2 aliphatic rings.